The van der Waals surface area contributed by atoms with Crippen LogP contribution in [0.5, 0.6) is 0 Å². The molecule has 2 unspecified atom stereocenters. The van der Waals surface area contributed by atoms with Crippen LogP contribution >= 0.6 is 0 Å². The number of carboxylic acid groups (broad SMARTS) is 1. The molecule has 0 aromatic carbocycles. The van der Waals surface area contributed by atoms with Gasteiger partial charge in [0.15, 0.2) is 0 Å². The van der Waals surface area contributed by atoms with Gasteiger partial charge in [-0.05, 0) is 44.9 Å². The van der Waals surface area contributed by atoms with Crippen molar-refractivity contribution < 1.29 is 29.1 Å². The second-order valence-electron chi connectivity index (χ2n) is 8.13. The van der Waals surface area contributed by atoms with Gasteiger partial charge in [0.25, 0.3) is 0 Å². The van der Waals surface area contributed by atoms with Crippen molar-refractivity contribution in [2.45, 2.75) is 115 Å². The number of amides is 1. The summed E-state index contributed by atoms with van der Waals surface area (Å²) in [5, 5.41) is 11.3. The Balaban J connectivity index is 4.30. The first-order valence-corrected chi connectivity index (χ1v) is 12.1. The molecule has 0 aliphatic rings. The molecule has 2 atom stereocenters. The molecule has 0 aromatic heterocycles. The molecule has 1 amide bonds. The molecule has 8 nitrogen and oxygen atoms in total. The number of carboxylic acids is 1. The van der Waals surface area contributed by atoms with Gasteiger partial charge < -0.3 is 15.2 Å². The molecule has 0 aromatic rings. The van der Waals surface area contributed by atoms with E-state index in [0.29, 0.717) is 19.3 Å². The van der Waals surface area contributed by atoms with Gasteiger partial charge in [0, 0.05) is 26.3 Å². The summed E-state index contributed by atoms with van der Waals surface area (Å²) in [6.07, 6.45) is 14.7. The SMILES string of the molecule is CCCCCC(OC(=O)CCCC(=O)O)C(C/C=C\CCCCCCCC(=O)NC)ON. The van der Waals surface area contributed by atoms with Crippen LogP contribution in [0, 0.1) is 0 Å². The van der Waals surface area contributed by atoms with Crippen LogP contribution in [0.4, 0.5) is 0 Å². The molecular weight excluding hydrogens is 412 g/mol. The van der Waals surface area contributed by atoms with Crippen molar-refractivity contribution in [2.24, 2.45) is 5.90 Å². The number of aliphatic carboxylic acids is 1. The summed E-state index contributed by atoms with van der Waals surface area (Å²) in [5.41, 5.74) is 0. The maximum atomic E-state index is 12.1. The van der Waals surface area contributed by atoms with E-state index in [9.17, 15) is 14.4 Å². The monoisotopic (exact) mass is 456 g/mol. The third-order valence-corrected chi connectivity index (χ3v) is 5.32. The third kappa shape index (κ3) is 17.7. The molecule has 0 spiro atoms. The summed E-state index contributed by atoms with van der Waals surface area (Å²) in [6.45, 7) is 2.11. The number of rotatable bonds is 21. The molecule has 0 fully saturated rings. The second kappa shape index (κ2) is 20.9. The molecule has 186 valence electrons. The smallest absolute Gasteiger partial charge is 0.306 e. The van der Waals surface area contributed by atoms with Gasteiger partial charge in [-0.25, -0.2) is 5.90 Å². The van der Waals surface area contributed by atoms with E-state index in [-0.39, 0.29) is 25.2 Å². The first-order valence-electron chi connectivity index (χ1n) is 12.1. The Kier molecular flexibility index (Phi) is 19.7. The summed E-state index contributed by atoms with van der Waals surface area (Å²) >= 11 is 0. The van der Waals surface area contributed by atoms with Gasteiger partial charge in [-0.15, -0.1) is 0 Å². The van der Waals surface area contributed by atoms with Crippen LogP contribution in [-0.2, 0) is 24.0 Å². The Hall–Kier alpha value is -1.93. The highest BCUT2D eigenvalue weighted by Gasteiger charge is 2.24. The fourth-order valence-electron chi connectivity index (χ4n) is 3.37. The molecule has 32 heavy (non-hydrogen) atoms. The molecule has 0 aliphatic carbocycles. The van der Waals surface area contributed by atoms with Gasteiger partial charge in [0.05, 0.1) is 0 Å². The number of nitrogens with one attached hydrogen (secondary N) is 1. The minimum atomic E-state index is -0.922. The molecule has 0 radical (unpaired) electrons. The Morgan fingerprint density at radius 1 is 0.906 bits per heavy atom. The Morgan fingerprint density at radius 3 is 2.28 bits per heavy atom. The number of nitrogens with two attached hydrogens (primary N) is 1. The lowest BCUT2D eigenvalue weighted by Crippen LogP contribution is -2.35. The average molecular weight is 457 g/mol. The molecular formula is C24H44N2O6. The summed E-state index contributed by atoms with van der Waals surface area (Å²) in [5.74, 6) is 4.27. The van der Waals surface area contributed by atoms with Crippen molar-refractivity contribution in [3.63, 3.8) is 0 Å². The first kappa shape index (κ1) is 30.1. The Labute approximate surface area is 193 Å². The minimum Gasteiger partial charge on any atom is -0.481 e. The minimum absolute atomic E-state index is 0.0524. The Morgan fingerprint density at radius 2 is 1.62 bits per heavy atom. The zero-order valence-electron chi connectivity index (χ0n) is 20.0. The number of hydrogen-bond acceptors (Lipinski definition) is 6. The number of unbranched alkanes of at least 4 members (excludes halogenated alkanes) is 7. The van der Waals surface area contributed by atoms with E-state index in [0.717, 1.165) is 57.8 Å². The zero-order valence-corrected chi connectivity index (χ0v) is 20.0. The van der Waals surface area contributed by atoms with Crippen molar-refractivity contribution in [3.05, 3.63) is 12.2 Å². The fraction of sp³-hybridized carbons (Fsp3) is 0.792. The molecule has 4 N–H and O–H groups in total. The predicted octanol–water partition coefficient (Wildman–Crippen LogP) is 4.42. The number of allylic oxidation sites excluding steroid dienone is 1. The van der Waals surface area contributed by atoms with Crippen LogP contribution < -0.4 is 11.2 Å². The summed E-state index contributed by atoms with van der Waals surface area (Å²) < 4.78 is 5.59. The van der Waals surface area contributed by atoms with Crippen LogP contribution in [0.3, 0.4) is 0 Å². The van der Waals surface area contributed by atoms with Crippen molar-refractivity contribution in [1.82, 2.24) is 5.32 Å². The van der Waals surface area contributed by atoms with E-state index in [1.165, 1.54) is 0 Å². The predicted molar refractivity (Wildman–Crippen MR) is 125 cm³/mol. The topological polar surface area (TPSA) is 128 Å². The lowest BCUT2D eigenvalue weighted by Gasteiger charge is -2.24. The molecule has 0 aliphatic heterocycles. The van der Waals surface area contributed by atoms with Crippen LogP contribution in [0.15, 0.2) is 12.2 Å². The zero-order chi connectivity index (χ0) is 24.0. The maximum absolute atomic E-state index is 12.1. The summed E-state index contributed by atoms with van der Waals surface area (Å²) in [4.78, 5) is 39.0. The number of esters is 1. The molecule has 0 saturated carbocycles. The second-order valence-corrected chi connectivity index (χ2v) is 8.13. The number of carbonyl (C=O) groups is 3. The standard InChI is InChI=1S/C24H44N2O6/c1-3-4-11-15-20(31-24(30)19-14-18-23(28)29)21(32-25)16-12-9-7-5-6-8-10-13-17-22(27)26-2/h9,12,20-21H,3-8,10-11,13-19,25H2,1-2H3,(H,26,27)(H,28,29)/b12-9-. The van der Waals surface area contributed by atoms with Gasteiger partial charge in [0.1, 0.15) is 12.2 Å². The highest BCUT2D eigenvalue weighted by Crippen LogP contribution is 2.17. The normalized spacial score (nSPS) is 13.1. The number of hydrogen-bond donors (Lipinski definition) is 3. The quantitative estimate of drug-likeness (QED) is 0.101. The highest BCUT2D eigenvalue weighted by molar-refractivity contribution is 5.75. The van der Waals surface area contributed by atoms with Crippen molar-refractivity contribution in [2.75, 3.05) is 7.05 Å². The van der Waals surface area contributed by atoms with E-state index < -0.39 is 24.1 Å². The van der Waals surface area contributed by atoms with E-state index in [1.807, 2.05) is 6.08 Å². The molecule has 0 rings (SSSR count). The van der Waals surface area contributed by atoms with Crippen molar-refractivity contribution in [1.29, 1.82) is 0 Å². The maximum Gasteiger partial charge on any atom is 0.306 e. The molecule has 8 heteroatoms. The van der Waals surface area contributed by atoms with E-state index >= 15 is 0 Å². The lowest BCUT2D eigenvalue weighted by molar-refractivity contribution is -0.158. The number of ether oxygens (including phenoxy) is 1. The Bertz CT molecular complexity index is 539. The van der Waals surface area contributed by atoms with Gasteiger partial charge in [-0.3, -0.25) is 19.2 Å². The highest BCUT2D eigenvalue weighted by atomic mass is 16.6. The van der Waals surface area contributed by atoms with E-state index in [2.05, 4.69) is 18.3 Å². The van der Waals surface area contributed by atoms with Crippen molar-refractivity contribution in [3.8, 4) is 0 Å². The van der Waals surface area contributed by atoms with Crippen LogP contribution in [0.25, 0.3) is 0 Å². The molecule has 0 saturated heterocycles. The lowest BCUT2D eigenvalue weighted by atomic mass is 10.0. The molecule has 0 heterocycles. The van der Waals surface area contributed by atoms with Gasteiger partial charge >= 0.3 is 11.9 Å². The van der Waals surface area contributed by atoms with Crippen molar-refractivity contribution >= 4 is 17.8 Å². The van der Waals surface area contributed by atoms with Gasteiger partial charge in [0.2, 0.25) is 5.91 Å². The first-order chi connectivity index (χ1) is 15.4. The fourth-order valence-corrected chi connectivity index (χ4v) is 3.37. The van der Waals surface area contributed by atoms with Crippen LogP contribution in [0.1, 0.15) is 103 Å². The van der Waals surface area contributed by atoms with Crippen LogP contribution in [0.2, 0.25) is 0 Å². The third-order valence-electron chi connectivity index (χ3n) is 5.32. The van der Waals surface area contributed by atoms with Gasteiger partial charge in [-0.2, -0.15) is 0 Å². The van der Waals surface area contributed by atoms with Crippen LogP contribution in [-0.4, -0.2) is 42.2 Å². The number of carbonyl (C=O) groups excluding carboxylic acids is 2. The largest absolute Gasteiger partial charge is 0.481 e. The van der Waals surface area contributed by atoms with E-state index in [1.54, 1.807) is 7.05 Å². The summed E-state index contributed by atoms with van der Waals surface area (Å²) in [7, 11) is 1.66. The summed E-state index contributed by atoms with van der Waals surface area (Å²) in [6, 6.07) is 0. The van der Waals surface area contributed by atoms with Gasteiger partial charge in [-0.1, -0.05) is 51.2 Å². The molecule has 0 bridgehead atoms. The van der Waals surface area contributed by atoms with E-state index in [4.69, 9.17) is 20.6 Å². The average Bonchev–Trinajstić information content (AvgIpc) is 2.76.